The Labute approximate surface area is 112 Å². The van der Waals surface area contributed by atoms with Crippen LogP contribution in [0.4, 0.5) is 0 Å². The summed E-state index contributed by atoms with van der Waals surface area (Å²) in [6, 6.07) is 9.79. The maximum Gasteiger partial charge on any atom is 0.245 e. The van der Waals surface area contributed by atoms with Gasteiger partial charge in [0.15, 0.2) is 0 Å². The second-order valence-electron chi connectivity index (χ2n) is 4.77. The van der Waals surface area contributed by atoms with Crippen molar-refractivity contribution in [1.29, 1.82) is 0 Å². The molecule has 1 unspecified atom stereocenters. The van der Waals surface area contributed by atoms with Crippen molar-refractivity contribution in [3.8, 4) is 0 Å². The van der Waals surface area contributed by atoms with Gasteiger partial charge >= 0.3 is 0 Å². The van der Waals surface area contributed by atoms with Gasteiger partial charge in [-0.15, -0.1) is 11.8 Å². The number of nitrogens with zero attached hydrogens (tertiary/aromatic N) is 1. The van der Waals surface area contributed by atoms with Crippen LogP contribution in [0.1, 0.15) is 19.4 Å². The highest BCUT2D eigenvalue weighted by molar-refractivity contribution is 8.14. The van der Waals surface area contributed by atoms with Crippen LogP contribution >= 0.6 is 11.8 Å². The van der Waals surface area contributed by atoms with Gasteiger partial charge in [-0.2, -0.15) is 0 Å². The van der Waals surface area contributed by atoms with E-state index in [2.05, 4.69) is 24.2 Å². The molecular formula is C14H18N2OS. The number of hydrogen-bond acceptors (Lipinski definition) is 3. The molecule has 1 amide bonds. The third kappa shape index (κ3) is 3.35. The fourth-order valence-electron chi connectivity index (χ4n) is 1.67. The highest BCUT2D eigenvalue weighted by atomic mass is 32.2. The Hall–Kier alpha value is -1.29. The first kappa shape index (κ1) is 13.1. The van der Waals surface area contributed by atoms with E-state index in [-0.39, 0.29) is 11.9 Å². The van der Waals surface area contributed by atoms with Crippen LogP contribution in [0.15, 0.2) is 35.3 Å². The van der Waals surface area contributed by atoms with Gasteiger partial charge in [0.05, 0.1) is 5.04 Å². The van der Waals surface area contributed by atoms with E-state index in [4.69, 9.17) is 0 Å². The predicted molar refractivity (Wildman–Crippen MR) is 77.1 cm³/mol. The summed E-state index contributed by atoms with van der Waals surface area (Å²) in [6.07, 6.45) is 0. The fraction of sp³-hybridized carbons (Fsp3) is 0.429. The predicted octanol–water partition coefficient (Wildman–Crippen LogP) is 2.32. The van der Waals surface area contributed by atoms with Gasteiger partial charge in [0.2, 0.25) is 5.91 Å². The number of benzene rings is 1. The number of rotatable bonds is 4. The molecule has 0 spiro atoms. The van der Waals surface area contributed by atoms with Crippen LogP contribution in [0.3, 0.4) is 0 Å². The summed E-state index contributed by atoms with van der Waals surface area (Å²) in [4.78, 5) is 16.4. The first-order chi connectivity index (χ1) is 8.66. The molecular weight excluding hydrogens is 244 g/mol. The molecule has 1 heterocycles. The fourth-order valence-corrected chi connectivity index (χ4v) is 2.72. The lowest BCUT2D eigenvalue weighted by Crippen LogP contribution is -2.35. The van der Waals surface area contributed by atoms with Crippen LogP contribution in [-0.2, 0) is 4.79 Å². The lowest BCUT2D eigenvalue weighted by molar-refractivity contribution is -0.121. The summed E-state index contributed by atoms with van der Waals surface area (Å²) in [5.74, 6) is 1.26. The van der Waals surface area contributed by atoms with Crippen molar-refractivity contribution in [2.45, 2.75) is 19.9 Å². The summed E-state index contributed by atoms with van der Waals surface area (Å²) in [5, 5.41) is 3.91. The number of amides is 1. The van der Waals surface area contributed by atoms with E-state index >= 15 is 0 Å². The number of carbonyl (C=O) groups is 1. The summed E-state index contributed by atoms with van der Waals surface area (Å²) in [5.41, 5.74) is 1.10. The van der Waals surface area contributed by atoms with Gasteiger partial charge < -0.3 is 5.32 Å². The van der Waals surface area contributed by atoms with Crippen molar-refractivity contribution >= 4 is 22.7 Å². The quantitative estimate of drug-likeness (QED) is 0.904. The molecule has 1 aliphatic rings. The van der Waals surface area contributed by atoms with Gasteiger partial charge in [-0.25, -0.2) is 0 Å². The Morgan fingerprint density at radius 1 is 1.44 bits per heavy atom. The Morgan fingerprint density at radius 2 is 2.17 bits per heavy atom. The Kier molecular flexibility index (Phi) is 4.42. The smallest absolute Gasteiger partial charge is 0.245 e. The van der Waals surface area contributed by atoms with Crippen molar-refractivity contribution in [3.05, 3.63) is 35.9 Å². The largest absolute Gasteiger partial charge is 0.354 e. The van der Waals surface area contributed by atoms with Crippen LogP contribution in [0, 0.1) is 5.92 Å². The minimum Gasteiger partial charge on any atom is -0.354 e. The summed E-state index contributed by atoms with van der Waals surface area (Å²) in [6.45, 7) is 4.89. The summed E-state index contributed by atoms with van der Waals surface area (Å²) in [7, 11) is 0. The van der Waals surface area contributed by atoms with E-state index < -0.39 is 0 Å². The second kappa shape index (κ2) is 6.05. The van der Waals surface area contributed by atoms with Crippen molar-refractivity contribution in [2.24, 2.45) is 10.9 Å². The van der Waals surface area contributed by atoms with Crippen LogP contribution in [0.5, 0.6) is 0 Å². The van der Waals surface area contributed by atoms with E-state index in [1.165, 1.54) is 0 Å². The zero-order valence-corrected chi connectivity index (χ0v) is 11.5. The molecule has 3 nitrogen and oxygen atoms in total. The van der Waals surface area contributed by atoms with Gasteiger partial charge in [-0.05, 0) is 5.92 Å². The van der Waals surface area contributed by atoms with Crippen molar-refractivity contribution in [1.82, 2.24) is 5.32 Å². The molecule has 0 saturated carbocycles. The molecule has 0 saturated heterocycles. The van der Waals surface area contributed by atoms with Crippen LogP contribution < -0.4 is 5.32 Å². The maximum absolute atomic E-state index is 11.9. The maximum atomic E-state index is 11.9. The topological polar surface area (TPSA) is 41.5 Å². The normalized spacial score (nSPS) is 18.8. The van der Waals surface area contributed by atoms with E-state index in [9.17, 15) is 4.79 Å². The lowest BCUT2D eigenvalue weighted by atomic mass is 10.2. The molecule has 1 aliphatic heterocycles. The first-order valence-corrected chi connectivity index (χ1v) is 7.19. The van der Waals surface area contributed by atoms with Crippen molar-refractivity contribution in [3.63, 3.8) is 0 Å². The Balaban J connectivity index is 1.98. The molecule has 1 aromatic rings. The summed E-state index contributed by atoms with van der Waals surface area (Å²) >= 11 is 1.66. The molecule has 0 aromatic heterocycles. The summed E-state index contributed by atoms with van der Waals surface area (Å²) < 4.78 is 0. The number of nitrogens with one attached hydrogen (secondary N) is 1. The number of aliphatic imine (C=N–C) groups is 1. The first-order valence-electron chi connectivity index (χ1n) is 6.20. The molecule has 4 heteroatoms. The van der Waals surface area contributed by atoms with Crippen LogP contribution in [0.25, 0.3) is 0 Å². The van der Waals surface area contributed by atoms with E-state index in [1.807, 2.05) is 30.3 Å². The average molecular weight is 262 g/mol. The highest BCUT2D eigenvalue weighted by Crippen LogP contribution is 2.23. The van der Waals surface area contributed by atoms with Gasteiger partial charge in [0.25, 0.3) is 0 Å². The van der Waals surface area contributed by atoms with Gasteiger partial charge in [-0.3, -0.25) is 9.79 Å². The van der Waals surface area contributed by atoms with E-state index in [0.717, 1.165) is 22.9 Å². The third-order valence-corrected chi connectivity index (χ3v) is 3.76. The molecule has 0 bridgehead atoms. The highest BCUT2D eigenvalue weighted by Gasteiger charge is 2.25. The molecule has 2 rings (SSSR count). The molecule has 0 radical (unpaired) electrons. The third-order valence-electron chi connectivity index (χ3n) is 2.66. The lowest BCUT2D eigenvalue weighted by Gasteiger charge is -2.09. The average Bonchev–Trinajstić information content (AvgIpc) is 2.86. The van der Waals surface area contributed by atoms with Gasteiger partial charge in [0.1, 0.15) is 6.04 Å². The zero-order chi connectivity index (χ0) is 13.0. The number of hydrogen-bond donors (Lipinski definition) is 1. The minimum atomic E-state index is -0.232. The van der Waals surface area contributed by atoms with E-state index in [1.54, 1.807) is 11.8 Å². The molecule has 18 heavy (non-hydrogen) atoms. The Morgan fingerprint density at radius 3 is 2.83 bits per heavy atom. The van der Waals surface area contributed by atoms with Crippen LogP contribution in [0.2, 0.25) is 0 Å². The van der Waals surface area contributed by atoms with Gasteiger partial charge in [0, 0.05) is 17.9 Å². The van der Waals surface area contributed by atoms with Gasteiger partial charge in [-0.1, -0.05) is 44.2 Å². The second-order valence-corrected chi connectivity index (χ2v) is 5.77. The molecule has 1 N–H and O–H groups in total. The van der Waals surface area contributed by atoms with E-state index in [0.29, 0.717) is 5.92 Å². The monoisotopic (exact) mass is 262 g/mol. The Bertz CT molecular complexity index is 442. The number of carbonyl (C=O) groups excluding carboxylic acids is 1. The molecule has 96 valence electrons. The SMILES string of the molecule is CC(C)CNC(=O)C1CSC(c2ccccc2)=N1. The molecule has 1 atom stereocenters. The molecule has 0 fully saturated rings. The standard InChI is InChI=1S/C14H18N2OS/c1-10(2)8-15-13(17)12-9-18-14(16-12)11-6-4-3-5-7-11/h3-7,10,12H,8-9H2,1-2H3,(H,15,17). The zero-order valence-electron chi connectivity index (χ0n) is 10.7. The van der Waals surface area contributed by atoms with Crippen molar-refractivity contribution in [2.75, 3.05) is 12.3 Å². The van der Waals surface area contributed by atoms with Crippen molar-refractivity contribution < 1.29 is 4.79 Å². The molecule has 0 aliphatic carbocycles. The van der Waals surface area contributed by atoms with Crippen LogP contribution in [-0.4, -0.2) is 29.3 Å². The number of thioether (sulfide) groups is 1. The minimum absolute atomic E-state index is 0.0436. The molecule has 1 aromatic carbocycles.